The summed E-state index contributed by atoms with van der Waals surface area (Å²) >= 11 is 0. The molecule has 2 nitrogen and oxygen atoms in total. The molecule has 0 bridgehead atoms. The molecule has 0 aliphatic rings. The number of pyridine rings is 1. The largest absolute Gasteiger partial charge is 0.398 e. The predicted octanol–water partition coefficient (Wildman–Crippen LogP) is 6.56. The number of para-hydroxylation sites is 1. The van der Waals surface area contributed by atoms with Gasteiger partial charge in [0.05, 0.1) is 5.52 Å². The summed E-state index contributed by atoms with van der Waals surface area (Å²) in [6.07, 6.45) is 9.99. The van der Waals surface area contributed by atoms with Crippen molar-refractivity contribution in [3.8, 4) is 0 Å². The van der Waals surface area contributed by atoms with E-state index in [-0.39, 0.29) is 0 Å². The lowest BCUT2D eigenvalue weighted by molar-refractivity contribution is 0.591. The fraction of sp³-hybridized carbons (Fsp3) is 0.400. The van der Waals surface area contributed by atoms with E-state index in [1.165, 1.54) is 66.3 Å². The standard InChI is InChI=1S/C25H32N2/c1-19-17-22(20(2)24(26)18-19)12-7-5-3-4-6-8-13-23-16-15-21-11-9-10-14-25(21)27-23/h9-11,14-18H,3-8,12-13,26H2,1-2H3. The molecule has 0 fully saturated rings. The maximum atomic E-state index is 6.08. The van der Waals surface area contributed by atoms with Crippen LogP contribution >= 0.6 is 0 Å². The lowest BCUT2D eigenvalue weighted by atomic mass is 9.98. The molecular formula is C25H32N2. The summed E-state index contributed by atoms with van der Waals surface area (Å²) in [7, 11) is 0. The van der Waals surface area contributed by atoms with Crippen LogP contribution in [0.4, 0.5) is 5.69 Å². The number of hydrogen-bond acceptors (Lipinski definition) is 2. The van der Waals surface area contributed by atoms with Gasteiger partial charge in [-0.25, -0.2) is 0 Å². The third-order valence-corrected chi connectivity index (χ3v) is 5.48. The SMILES string of the molecule is Cc1cc(N)c(C)c(CCCCCCCCc2ccc3ccccc3n2)c1. The lowest BCUT2D eigenvalue weighted by Crippen LogP contribution is -1.97. The molecule has 1 heterocycles. The van der Waals surface area contributed by atoms with Crippen LogP contribution in [0.15, 0.2) is 48.5 Å². The Morgan fingerprint density at radius 2 is 1.48 bits per heavy atom. The van der Waals surface area contributed by atoms with Crippen molar-refractivity contribution >= 4 is 16.6 Å². The molecule has 3 rings (SSSR count). The molecular weight excluding hydrogens is 328 g/mol. The van der Waals surface area contributed by atoms with Crippen LogP contribution in [-0.4, -0.2) is 4.98 Å². The Morgan fingerprint density at radius 1 is 0.778 bits per heavy atom. The molecule has 0 saturated carbocycles. The summed E-state index contributed by atoms with van der Waals surface area (Å²) in [4.78, 5) is 4.77. The second kappa shape index (κ2) is 9.55. The van der Waals surface area contributed by atoms with E-state index in [0.29, 0.717) is 0 Å². The van der Waals surface area contributed by atoms with Gasteiger partial charge >= 0.3 is 0 Å². The van der Waals surface area contributed by atoms with Crippen molar-refractivity contribution in [3.63, 3.8) is 0 Å². The lowest BCUT2D eigenvalue weighted by Gasteiger charge is -2.10. The smallest absolute Gasteiger partial charge is 0.0705 e. The third kappa shape index (κ3) is 5.56. The Labute approximate surface area is 163 Å². The third-order valence-electron chi connectivity index (χ3n) is 5.48. The molecule has 1 aromatic heterocycles. The molecule has 142 valence electrons. The molecule has 0 atom stereocenters. The highest BCUT2D eigenvalue weighted by atomic mass is 14.7. The first-order valence-corrected chi connectivity index (χ1v) is 10.3. The fourth-order valence-electron chi connectivity index (χ4n) is 3.80. The molecule has 0 radical (unpaired) electrons. The molecule has 0 saturated heterocycles. The van der Waals surface area contributed by atoms with Gasteiger partial charge in [0.25, 0.3) is 0 Å². The zero-order chi connectivity index (χ0) is 19.1. The Kier molecular flexibility index (Phi) is 6.86. The topological polar surface area (TPSA) is 38.9 Å². The van der Waals surface area contributed by atoms with E-state index in [1.54, 1.807) is 0 Å². The van der Waals surface area contributed by atoms with Gasteiger partial charge < -0.3 is 5.73 Å². The molecule has 2 N–H and O–H groups in total. The fourth-order valence-corrected chi connectivity index (χ4v) is 3.80. The van der Waals surface area contributed by atoms with E-state index < -0.39 is 0 Å². The van der Waals surface area contributed by atoms with Crippen molar-refractivity contribution in [2.24, 2.45) is 0 Å². The Hall–Kier alpha value is -2.35. The summed E-state index contributed by atoms with van der Waals surface area (Å²) in [6.45, 7) is 4.27. The number of aryl methyl sites for hydroxylation is 3. The Morgan fingerprint density at radius 3 is 2.30 bits per heavy atom. The minimum Gasteiger partial charge on any atom is -0.398 e. The quantitative estimate of drug-likeness (QED) is 0.347. The summed E-state index contributed by atoms with van der Waals surface area (Å²) in [5.41, 5.74) is 13.3. The first-order valence-electron chi connectivity index (χ1n) is 10.3. The number of hydrogen-bond donors (Lipinski definition) is 1. The second-order valence-electron chi connectivity index (χ2n) is 7.75. The molecule has 0 spiro atoms. The van der Waals surface area contributed by atoms with Crippen LogP contribution in [0.1, 0.15) is 60.9 Å². The highest BCUT2D eigenvalue weighted by Gasteiger charge is 2.03. The number of fused-ring (bicyclic) bond motifs is 1. The molecule has 2 heteroatoms. The van der Waals surface area contributed by atoms with E-state index in [1.807, 2.05) is 0 Å². The van der Waals surface area contributed by atoms with Gasteiger partial charge in [-0.2, -0.15) is 0 Å². The van der Waals surface area contributed by atoms with E-state index in [4.69, 9.17) is 10.7 Å². The number of nitrogens with two attached hydrogens (primary N) is 1. The number of aromatic nitrogens is 1. The van der Waals surface area contributed by atoms with E-state index in [9.17, 15) is 0 Å². The number of nitrogens with zero attached hydrogens (tertiary/aromatic N) is 1. The second-order valence-corrected chi connectivity index (χ2v) is 7.75. The Balaban J connectivity index is 1.31. The van der Waals surface area contributed by atoms with Crippen molar-refractivity contribution in [3.05, 3.63) is 70.9 Å². The number of anilines is 1. The van der Waals surface area contributed by atoms with Crippen molar-refractivity contribution in [1.29, 1.82) is 0 Å². The Bertz CT molecular complexity index is 883. The monoisotopic (exact) mass is 360 g/mol. The zero-order valence-corrected chi connectivity index (χ0v) is 16.8. The van der Waals surface area contributed by atoms with Gasteiger partial charge in [-0.1, -0.05) is 56.0 Å². The van der Waals surface area contributed by atoms with Crippen molar-refractivity contribution < 1.29 is 0 Å². The maximum Gasteiger partial charge on any atom is 0.0705 e. The van der Waals surface area contributed by atoms with Gasteiger partial charge in [0.1, 0.15) is 0 Å². The van der Waals surface area contributed by atoms with Crippen LogP contribution in [0.25, 0.3) is 10.9 Å². The zero-order valence-electron chi connectivity index (χ0n) is 16.8. The van der Waals surface area contributed by atoms with Gasteiger partial charge in [0.2, 0.25) is 0 Å². The highest BCUT2D eigenvalue weighted by Crippen LogP contribution is 2.21. The molecule has 3 aromatic rings. The predicted molar refractivity (Wildman–Crippen MR) is 117 cm³/mol. The minimum atomic E-state index is 0.937. The van der Waals surface area contributed by atoms with Crippen molar-refractivity contribution in [1.82, 2.24) is 4.98 Å². The van der Waals surface area contributed by atoms with E-state index >= 15 is 0 Å². The molecule has 0 aliphatic carbocycles. The van der Waals surface area contributed by atoms with Crippen LogP contribution in [0.5, 0.6) is 0 Å². The summed E-state index contributed by atoms with van der Waals surface area (Å²) in [5.74, 6) is 0. The first-order chi connectivity index (χ1) is 13.1. The maximum absolute atomic E-state index is 6.08. The minimum absolute atomic E-state index is 0.937. The van der Waals surface area contributed by atoms with E-state index in [2.05, 4.69) is 62.4 Å². The van der Waals surface area contributed by atoms with Gasteiger partial charge in [-0.05, 0) is 74.4 Å². The summed E-state index contributed by atoms with van der Waals surface area (Å²) in [6, 6.07) is 17.1. The first kappa shape index (κ1) is 19.4. The number of benzene rings is 2. The molecule has 0 aliphatic heterocycles. The van der Waals surface area contributed by atoms with Gasteiger partial charge in [-0.3, -0.25) is 4.98 Å². The van der Waals surface area contributed by atoms with E-state index in [0.717, 1.165) is 24.0 Å². The van der Waals surface area contributed by atoms with Gasteiger partial charge in [0.15, 0.2) is 0 Å². The normalized spacial score (nSPS) is 11.2. The van der Waals surface area contributed by atoms with Crippen molar-refractivity contribution in [2.45, 2.75) is 65.2 Å². The number of unbranched alkanes of at least 4 members (excludes halogenated alkanes) is 5. The average molecular weight is 361 g/mol. The molecule has 0 unspecified atom stereocenters. The summed E-state index contributed by atoms with van der Waals surface area (Å²) in [5, 5.41) is 1.23. The highest BCUT2D eigenvalue weighted by molar-refractivity contribution is 5.78. The van der Waals surface area contributed by atoms with Crippen molar-refractivity contribution in [2.75, 3.05) is 5.73 Å². The van der Waals surface area contributed by atoms with Gasteiger partial charge in [-0.15, -0.1) is 0 Å². The molecule has 27 heavy (non-hydrogen) atoms. The van der Waals surface area contributed by atoms with Crippen LogP contribution in [-0.2, 0) is 12.8 Å². The average Bonchev–Trinajstić information content (AvgIpc) is 2.67. The van der Waals surface area contributed by atoms with Crippen LogP contribution in [0.2, 0.25) is 0 Å². The summed E-state index contributed by atoms with van der Waals surface area (Å²) < 4.78 is 0. The van der Waals surface area contributed by atoms with Gasteiger partial charge in [0, 0.05) is 16.8 Å². The molecule has 0 amide bonds. The number of nitrogen functional groups attached to an aromatic ring is 1. The van der Waals surface area contributed by atoms with Crippen LogP contribution < -0.4 is 5.73 Å². The molecule has 2 aromatic carbocycles. The van der Waals surface area contributed by atoms with Crippen LogP contribution in [0.3, 0.4) is 0 Å². The van der Waals surface area contributed by atoms with Crippen LogP contribution in [0, 0.1) is 13.8 Å². The number of rotatable bonds is 9.